The first-order valence-electron chi connectivity index (χ1n) is 7.14. The van der Waals surface area contributed by atoms with Gasteiger partial charge in [-0.25, -0.2) is 0 Å². The van der Waals surface area contributed by atoms with Gasteiger partial charge in [-0.05, 0) is 24.5 Å². The molecule has 0 aliphatic heterocycles. The smallest absolute Gasteiger partial charge is 0.224 e. The van der Waals surface area contributed by atoms with Gasteiger partial charge in [0.25, 0.3) is 0 Å². The molecule has 0 aliphatic rings. The Morgan fingerprint density at radius 1 is 1.32 bits per heavy atom. The zero-order valence-electron chi connectivity index (χ0n) is 12.8. The summed E-state index contributed by atoms with van der Waals surface area (Å²) in [5, 5.41) is 16.6. The fourth-order valence-electron chi connectivity index (χ4n) is 2.26. The molecule has 1 aromatic heterocycles. The third-order valence-electron chi connectivity index (χ3n) is 3.55. The average Bonchev–Trinajstić information content (AvgIpc) is 2.74. The Morgan fingerprint density at radius 2 is 1.95 bits per heavy atom. The van der Waals surface area contributed by atoms with Crippen LogP contribution in [0, 0.1) is 6.92 Å². The zero-order valence-corrected chi connectivity index (χ0v) is 13.5. The van der Waals surface area contributed by atoms with Gasteiger partial charge in [0.05, 0.1) is 18.7 Å². The van der Waals surface area contributed by atoms with Crippen molar-refractivity contribution >= 4 is 17.5 Å². The van der Waals surface area contributed by atoms with Crippen molar-refractivity contribution in [2.45, 2.75) is 26.4 Å². The van der Waals surface area contributed by atoms with Gasteiger partial charge < -0.3 is 10.4 Å². The highest BCUT2D eigenvalue weighted by molar-refractivity contribution is 6.30. The van der Waals surface area contributed by atoms with Gasteiger partial charge in [-0.1, -0.05) is 35.9 Å². The van der Waals surface area contributed by atoms with Crippen LogP contribution in [0.3, 0.4) is 0 Å². The van der Waals surface area contributed by atoms with Crippen LogP contribution in [-0.4, -0.2) is 27.3 Å². The molecule has 1 aromatic carbocycles. The number of nitrogens with zero attached hydrogens (tertiary/aromatic N) is 2. The molecular weight excluding hydrogens is 302 g/mol. The van der Waals surface area contributed by atoms with Crippen LogP contribution in [0.2, 0.25) is 5.15 Å². The van der Waals surface area contributed by atoms with Gasteiger partial charge in [0.2, 0.25) is 5.91 Å². The van der Waals surface area contributed by atoms with Gasteiger partial charge >= 0.3 is 0 Å². The van der Waals surface area contributed by atoms with E-state index in [1.54, 1.807) is 11.7 Å². The molecule has 118 valence electrons. The van der Waals surface area contributed by atoms with Gasteiger partial charge in [-0.3, -0.25) is 9.48 Å². The molecular formula is C16H20ClN3O2. The molecule has 6 heteroatoms. The lowest BCUT2D eigenvalue weighted by molar-refractivity contribution is -0.120. The SMILES string of the molecule is Cc1nn(C)c(Cl)c1CC(=O)NCCc1ccc(CO)cc1. The second-order valence-electron chi connectivity index (χ2n) is 5.23. The van der Waals surface area contributed by atoms with Gasteiger partial charge in [-0.2, -0.15) is 5.10 Å². The molecule has 22 heavy (non-hydrogen) atoms. The lowest BCUT2D eigenvalue weighted by atomic mass is 10.1. The quantitative estimate of drug-likeness (QED) is 0.852. The molecule has 2 rings (SSSR count). The Balaban J connectivity index is 1.82. The summed E-state index contributed by atoms with van der Waals surface area (Å²) in [5.74, 6) is -0.0648. The fraction of sp³-hybridized carbons (Fsp3) is 0.375. The Kier molecular flexibility index (Phi) is 5.57. The third-order valence-corrected chi connectivity index (χ3v) is 4.02. The van der Waals surface area contributed by atoms with Crippen LogP contribution in [0.1, 0.15) is 22.4 Å². The van der Waals surface area contributed by atoms with E-state index in [4.69, 9.17) is 16.7 Å². The molecule has 0 aliphatic carbocycles. The number of rotatable bonds is 6. The summed E-state index contributed by atoms with van der Waals surface area (Å²) in [6.07, 6.45) is 0.985. The molecule has 0 saturated heterocycles. The van der Waals surface area contributed by atoms with Gasteiger partial charge in [0.15, 0.2) is 0 Å². The number of carbonyl (C=O) groups excluding carboxylic acids is 1. The van der Waals surface area contributed by atoms with E-state index in [1.807, 2.05) is 31.2 Å². The van der Waals surface area contributed by atoms with Crippen LogP contribution < -0.4 is 5.32 Å². The maximum Gasteiger partial charge on any atom is 0.224 e. The van der Waals surface area contributed by atoms with E-state index in [1.165, 1.54) is 0 Å². The van der Waals surface area contributed by atoms with Crippen LogP contribution in [0.25, 0.3) is 0 Å². The number of benzene rings is 1. The maximum atomic E-state index is 12.0. The summed E-state index contributed by atoms with van der Waals surface area (Å²) in [6.45, 7) is 2.45. The van der Waals surface area contributed by atoms with E-state index in [-0.39, 0.29) is 18.9 Å². The van der Waals surface area contributed by atoms with Crippen molar-refractivity contribution in [2.24, 2.45) is 7.05 Å². The number of hydrogen-bond donors (Lipinski definition) is 2. The van der Waals surface area contributed by atoms with Crippen LogP contribution in [0.4, 0.5) is 0 Å². The molecule has 0 saturated carbocycles. The highest BCUT2D eigenvalue weighted by atomic mass is 35.5. The summed E-state index contributed by atoms with van der Waals surface area (Å²) in [4.78, 5) is 12.0. The molecule has 1 heterocycles. The van der Waals surface area contributed by atoms with Crippen LogP contribution >= 0.6 is 11.6 Å². The van der Waals surface area contributed by atoms with Crippen LogP contribution in [0.5, 0.6) is 0 Å². The van der Waals surface area contributed by atoms with Crippen molar-refractivity contribution in [3.05, 3.63) is 51.8 Å². The van der Waals surface area contributed by atoms with Crippen molar-refractivity contribution in [3.63, 3.8) is 0 Å². The number of aromatic nitrogens is 2. The number of nitrogens with one attached hydrogen (secondary N) is 1. The minimum atomic E-state index is -0.0648. The molecule has 0 spiro atoms. The zero-order chi connectivity index (χ0) is 16.1. The van der Waals surface area contributed by atoms with E-state index >= 15 is 0 Å². The van der Waals surface area contributed by atoms with E-state index < -0.39 is 0 Å². The number of aryl methyl sites for hydroxylation is 2. The number of aliphatic hydroxyl groups excluding tert-OH is 1. The first kappa shape index (κ1) is 16.5. The standard InChI is InChI=1S/C16H20ClN3O2/c1-11-14(16(17)20(2)19-11)9-15(22)18-8-7-12-3-5-13(10-21)6-4-12/h3-6,21H,7-10H2,1-2H3,(H,18,22). The number of aliphatic hydroxyl groups is 1. The molecule has 2 aromatic rings. The molecule has 0 unspecified atom stereocenters. The fourth-order valence-corrected chi connectivity index (χ4v) is 2.50. The number of carbonyl (C=O) groups is 1. The van der Waals surface area contributed by atoms with E-state index in [2.05, 4.69) is 10.4 Å². The van der Waals surface area contributed by atoms with Gasteiger partial charge in [0, 0.05) is 19.2 Å². The van der Waals surface area contributed by atoms with Crippen LogP contribution in [-0.2, 0) is 31.3 Å². The molecule has 0 fully saturated rings. The minimum absolute atomic E-state index is 0.0439. The second kappa shape index (κ2) is 7.42. The predicted octanol–water partition coefficient (Wildman–Crippen LogP) is 1.78. The number of amides is 1. The summed E-state index contributed by atoms with van der Waals surface area (Å²) >= 11 is 6.12. The monoisotopic (exact) mass is 321 g/mol. The average molecular weight is 322 g/mol. The minimum Gasteiger partial charge on any atom is -0.392 e. The summed E-state index contributed by atoms with van der Waals surface area (Å²) in [5.41, 5.74) is 3.55. The Bertz CT molecular complexity index is 650. The Labute approximate surface area is 134 Å². The first-order valence-corrected chi connectivity index (χ1v) is 7.52. The highest BCUT2D eigenvalue weighted by Crippen LogP contribution is 2.18. The topological polar surface area (TPSA) is 67.2 Å². The van der Waals surface area contributed by atoms with Crippen molar-refractivity contribution in [2.75, 3.05) is 6.54 Å². The van der Waals surface area contributed by atoms with Crippen LogP contribution in [0.15, 0.2) is 24.3 Å². The number of halogens is 1. The second-order valence-corrected chi connectivity index (χ2v) is 5.59. The van der Waals surface area contributed by atoms with Crippen molar-refractivity contribution in [1.29, 1.82) is 0 Å². The van der Waals surface area contributed by atoms with Crippen molar-refractivity contribution in [3.8, 4) is 0 Å². The number of hydrogen-bond acceptors (Lipinski definition) is 3. The van der Waals surface area contributed by atoms with Crippen molar-refractivity contribution < 1.29 is 9.90 Å². The van der Waals surface area contributed by atoms with Crippen molar-refractivity contribution in [1.82, 2.24) is 15.1 Å². The molecule has 5 nitrogen and oxygen atoms in total. The molecule has 2 N–H and O–H groups in total. The third kappa shape index (κ3) is 4.08. The molecule has 0 bridgehead atoms. The summed E-state index contributed by atoms with van der Waals surface area (Å²) < 4.78 is 1.57. The Morgan fingerprint density at radius 3 is 2.50 bits per heavy atom. The molecule has 0 radical (unpaired) electrons. The van der Waals surface area contributed by atoms with Gasteiger partial charge in [-0.15, -0.1) is 0 Å². The largest absolute Gasteiger partial charge is 0.392 e. The lowest BCUT2D eigenvalue weighted by Crippen LogP contribution is -2.27. The lowest BCUT2D eigenvalue weighted by Gasteiger charge is -2.06. The molecule has 1 amide bonds. The van der Waals surface area contributed by atoms with E-state index in [0.717, 1.165) is 28.8 Å². The highest BCUT2D eigenvalue weighted by Gasteiger charge is 2.14. The van der Waals surface area contributed by atoms with Gasteiger partial charge in [0.1, 0.15) is 5.15 Å². The van der Waals surface area contributed by atoms with E-state index in [9.17, 15) is 4.79 Å². The maximum absolute atomic E-state index is 12.0. The molecule has 0 atom stereocenters. The summed E-state index contributed by atoms with van der Waals surface area (Å²) in [7, 11) is 1.76. The predicted molar refractivity (Wildman–Crippen MR) is 85.7 cm³/mol. The summed E-state index contributed by atoms with van der Waals surface area (Å²) in [6, 6.07) is 7.69. The normalized spacial score (nSPS) is 10.7. The first-order chi connectivity index (χ1) is 10.5. The Hall–Kier alpha value is -1.85. The van der Waals surface area contributed by atoms with E-state index in [0.29, 0.717) is 11.7 Å².